The van der Waals surface area contributed by atoms with Gasteiger partial charge in [0.2, 0.25) is 0 Å². The maximum atomic E-state index is 11.7. The molecule has 0 radical (unpaired) electrons. The second-order valence-corrected chi connectivity index (χ2v) is 4.94. The zero-order chi connectivity index (χ0) is 11.4. The fourth-order valence-electron chi connectivity index (χ4n) is 2.30. The number of aliphatic hydroxyl groups excluding tert-OH is 1. The van der Waals surface area contributed by atoms with Gasteiger partial charge in [-0.15, -0.1) is 0 Å². The topological polar surface area (TPSA) is 43.8 Å². The molecule has 1 heterocycles. The number of carbonyl (C=O) groups excluding carboxylic acids is 1. The molecule has 0 aromatic heterocycles. The van der Waals surface area contributed by atoms with Crippen LogP contribution >= 0.6 is 0 Å². The highest BCUT2D eigenvalue weighted by Crippen LogP contribution is 2.30. The summed E-state index contributed by atoms with van der Waals surface area (Å²) in [7, 11) is 0. The minimum atomic E-state index is 0.237. The van der Waals surface area contributed by atoms with Crippen LogP contribution in [0.1, 0.15) is 19.3 Å². The van der Waals surface area contributed by atoms with Gasteiger partial charge < -0.3 is 5.11 Å². The van der Waals surface area contributed by atoms with E-state index in [1.54, 1.807) is 0 Å². The van der Waals surface area contributed by atoms with Crippen LogP contribution in [-0.4, -0.2) is 66.6 Å². The highest BCUT2D eigenvalue weighted by atomic mass is 16.3. The van der Waals surface area contributed by atoms with E-state index in [1.165, 1.54) is 0 Å². The van der Waals surface area contributed by atoms with Gasteiger partial charge in [0.15, 0.2) is 0 Å². The van der Waals surface area contributed by atoms with Gasteiger partial charge in [-0.1, -0.05) is 0 Å². The Kier molecular flexibility index (Phi) is 4.32. The maximum Gasteiger partial charge on any atom is 0.149 e. The van der Waals surface area contributed by atoms with Crippen LogP contribution < -0.4 is 0 Å². The number of aliphatic hydroxyl groups is 1. The van der Waals surface area contributed by atoms with Crippen molar-refractivity contribution in [2.75, 3.05) is 45.9 Å². The van der Waals surface area contributed by atoms with Crippen molar-refractivity contribution in [2.24, 2.45) is 5.92 Å². The first-order valence-electron chi connectivity index (χ1n) is 6.38. The van der Waals surface area contributed by atoms with Crippen molar-refractivity contribution in [1.82, 2.24) is 9.80 Å². The van der Waals surface area contributed by atoms with Crippen LogP contribution in [0.25, 0.3) is 0 Å². The maximum absolute atomic E-state index is 11.7. The summed E-state index contributed by atoms with van der Waals surface area (Å²) >= 11 is 0. The van der Waals surface area contributed by atoms with Crippen molar-refractivity contribution in [1.29, 1.82) is 0 Å². The van der Waals surface area contributed by atoms with E-state index in [-0.39, 0.29) is 6.61 Å². The first-order valence-corrected chi connectivity index (χ1v) is 6.38. The van der Waals surface area contributed by atoms with Crippen molar-refractivity contribution in [3.63, 3.8) is 0 Å². The number of nitrogens with zero attached hydrogens (tertiary/aromatic N) is 2. The van der Waals surface area contributed by atoms with Gasteiger partial charge in [0.1, 0.15) is 5.78 Å². The van der Waals surface area contributed by atoms with Crippen LogP contribution in [0.5, 0.6) is 0 Å². The molecule has 2 fully saturated rings. The minimum Gasteiger partial charge on any atom is -0.395 e. The molecule has 2 aliphatic rings. The van der Waals surface area contributed by atoms with Crippen LogP contribution in [0, 0.1) is 5.92 Å². The van der Waals surface area contributed by atoms with Gasteiger partial charge in [-0.2, -0.15) is 0 Å². The summed E-state index contributed by atoms with van der Waals surface area (Å²) in [6, 6.07) is 0. The first-order chi connectivity index (χ1) is 7.79. The van der Waals surface area contributed by atoms with Gasteiger partial charge in [-0.25, -0.2) is 0 Å². The molecular formula is C12H22N2O2. The number of hydrogen-bond acceptors (Lipinski definition) is 4. The average molecular weight is 226 g/mol. The standard InChI is InChI=1S/C12H22N2O2/c15-9-8-13-4-1-5-14(7-6-13)10-12(16)11-2-3-11/h11,15H,1-10H2. The summed E-state index contributed by atoms with van der Waals surface area (Å²) in [5.74, 6) is 0.826. The molecule has 4 heteroatoms. The highest BCUT2D eigenvalue weighted by molar-refractivity contribution is 5.84. The molecule has 1 aliphatic heterocycles. The number of β-amino-alcohol motifs (C(OH)–C–C–N with tert-alkyl or cyclic N) is 1. The predicted octanol–water partition coefficient (Wildman–Crippen LogP) is -0.0345. The van der Waals surface area contributed by atoms with E-state index in [2.05, 4.69) is 9.80 Å². The lowest BCUT2D eigenvalue weighted by molar-refractivity contribution is -0.121. The summed E-state index contributed by atoms with van der Waals surface area (Å²) in [5, 5.41) is 8.89. The number of hydrogen-bond donors (Lipinski definition) is 1. The molecule has 1 saturated heterocycles. The van der Waals surface area contributed by atoms with Crippen LogP contribution in [0.2, 0.25) is 0 Å². The Hall–Kier alpha value is -0.450. The molecule has 2 rings (SSSR count). The van der Waals surface area contributed by atoms with Gasteiger partial charge in [-0.05, 0) is 32.4 Å². The Balaban J connectivity index is 1.72. The van der Waals surface area contributed by atoms with Crippen molar-refractivity contribution >= 4 is 5.78 Å². The molecule has 0 atom stereocenters. The summed E-state index contributed by atoms with van der Waals surface area (Å²) in [4.78, 5) is 16.3. The average Bonchev–Trinajstić information content (AvgIpc) is 3.06. The normalized spacial score (nSPS) is 24.3. The third-order valence-corrected chi connectivity index (χ3v) is 3.51. The molecule has 0 unspecified atom stereocenters. The van der Waals surface area contributed by atoms with E-state index in [9.17, 15) is 4.79 Å². The molecule has 0 spiro atoms. The first kappa shape index (κ1) is 12.0. The fraction of sp³-hybridized carbons (Fsp3) is 0.917. The van der Waals surface area contributed by atoms with Crippen molar-refractivity contribution in [2.45, 2.75) is 19.3 Å². The van der Waals surface area contributed by atoms with Crippen molar-refractivity contribution in [3.05, 3.63) is 0 Å². The molecule has 0 amide bonds. The van der Waals surface area contributed by atoms with E-state index in [0.29, 0.717) is 18.2 Å². The van der Waals surface area contributed by atoms with E-state index in [1.807, 2.05) is 0 Å². The largest absolute Gasteiger partial charge is 0.395 e. The van der Waals surface area contributed by atoms with E-state index >= 15 is 0 Å². The second-order valence-electron chi connectivity index (χ2n) is 4.94. The minimum absolute atomic E-state index is 0.237. The number of ketones is 1. The number of Topliss-reactive ketones (excluding diaryl/α,β-unsaturated/α-hetero) is 1. The van der Waals surface area contributed by atoms with E-state index in [0.717, 1.165) is 52.0 Å². The van der Waals surface area contributed by atoms with Gasteiger partial charge >= 0.3 is 0 Å². The predicted molar refractivity (Wildman–Crippen MR) is 62.3 cm³/mol. The summed E-state index contributed by atoms with van der Waals surface area (Å²) in [6.45, 7) is 5.69. The highest BCUT2D eigenvalue weighted by Gasteiger charge is 2.30. The number of carbonyl (C=O) groups is 1. The van der Waals surface area contributed by atoms with Crippen LogP contribution in [-0.2, 0) is 4.79 Å². The van der Waals surface area contributed by atoms with Crippen LogP contribution in [0.4, 0.5) is 0 Å². The van der Waals surface area contributed by atoms with Gasteiger partial charge in [-0.3, -0.25) is 14.6 Å². The third-order valence-electron chi connectivity index (χ3n) is 3.51. The molecule has 1 saturated carbocycles. The van der Waals surface area contributed by atoms with Gasteiger partial charge in [0.05, 0.1) is 13.2 Å². The third kappa shape index (κ3) is 3.54. The monoisotopic (exact) mass is 226 g/mol. The Morgan fingerprint density at radius 1 is 1.12 bits per heavy atom. The summed E-state index contributed by atoms with van der Waals surface area (Å²) < 4.78 is 0. The van der Waals surface area contributed by atoms with Gasteiger partial charge in [0.25, 0.3) is 0 Å². The molecule has 1 N–H and O–H groups in total. The Bertz CT molecular complexity index is 241. The Morgan fingerprint density at radius 3 is 2.50 bits per heavy atom. The van der Waals surface area contributed by atoms with Crippen molar-refractivity contribution < 1.29 is 9.90 Å². The van der Waals surface area contributed by atoms with Crippen LogP contribution in [0.15, 0.2) is 0 Å². The molecular weight excluding hydrogens is 204 g/mol. The lowest BCUT2D eigenvalue weighted by Gasteiger charge is -2.20. The summed E-state index contributed by atoms with van der Waals surface area (Å²) in [5.41, 5.74) is 0. The SMILES string of the molecule is O=C(CN1CCCN(CCO)CC1)C1CC1. The molecule has 1 aliphatic carbocycles. The molecule has 16 heavy (non-hydrogen) atoms. The Labute approximate surface area is 97.2 Å². The van der Waals surface area contributed by atoms with E-state index in [4.69, 9.17) is 5.11 Å². The zero-order valence-corrected chi connectivity index (χ0v) is 9.90. The zero-order valence-electron chi connectivity index (χ0n) is 9.90. The van der Waals surface area contributed by atoms with Crippen molar-refractivity contribution in [3.8, 4) is 0 Å². The molecule has 92 valence electrons. The second kappa shape index (κ2) is 5.75. The lowest BCUT2D eigenvalue weighted by atomic mass is 10.2. The van der Waals surface area contributed by atoms with Crippen LogP contribution in [0.3, 0.4) is 0 Å². The molecule has 0 bridgehead atoms. The molecule has 0 aromatic rings. The molecule has 4 nitrogen and oxygen atoms in total. The lowest BCUT2D eigenvalue weighted by Crippen LogP contribution is -2.35. The van der Waals surface area contributed by atoms with Gasteiger partial charge in [0, 0.05) is 25.6 Å². The molecule has 0 aromatic carbocycles. The number of rotatable bonds is 5. The smallest absolute Gasteiger partial charge is 0.149 e. The van der Waals surface area contributed by atoms with E-state index < -0.39 is 0 Å². The quantitative estimate of drug-likeness (QED) is 0.715. The fourth-order valence-corrected chi connectivity index (χ4v) is 2.30. The summed E-state index contributed by atoms with van der Waals surface area (Å²) in [6.07, 6.45) is 3.34. The Morgan fingerprint density at radius 2 is 1.81 bits per heavy atom.